The van der Waals surface area contributed by atoms with Crippen LogP contribution in [0.1, 0.15) is 23.2 Å². The molecule has 0 fully saturated rings. The Hall–Kier alpha value is -2.91. The van der Waals surface area contributed by atoms with Crippen LogP contribution in [0.3, 0.4) is 0 Å². The Labute approximate surface area is 176 Å². The van der Waals surface area contributed by atoms with Crippen molar-refractivity contribution in [2.24, 2.45) is 0 Å². The zero-order valence-corrected chi connectivity index (χ0v) is 17.3. The maximum atomic E-state index is 12.2. The standard InChI is InChI=1S/C19H19ClN4O4S/c1-11-10-13(20)5-6-14(11)27-12(2)17(25)21-7-8-22-18(26)19-23-16(24-28-19)15-4-3-9-29-15/h3-6,9-10,12H,7-8H2,1-2H3,(H,21,25)(H,22,26)/t12-/m0/s1. The number of amides is 2. The van der Waals surface area contributed by atoms with Crippen molar-refractivity contribution in [2.75, 3.05) is 13.1 Å². The van der Waals surface area contributed by atoms with E-state index in [-0.39, 0.29) is 24.9 Å². The van der Waals surface area contributed by atoms with E-state index in [0.717, 1.165) is 10.4 Å². The van der Waals surface area contributed by atoms with E-state index in [1.54, 1.807) is 25.1 Å². The van der Waals surface area contributed by atoms with Crippen molar-refractivity contribution < 1.29 is 18.8 Å². The summed E-state index contributed by atoms with van der Waals surface area (Å²) in [5, 5.41) is 11.6. The van der Waals surface area contributed by atoms with E-state index in [9.17, 15) is 9.59 Å². The van der Waals surface area contributed by atoms with Crippen molar-refractivity contribution >= 4 is 34.8 Å². The van der Waals surface area contributed by atoms with Gasteiger partial charge in [0.25, 0.3) is 5.91 Å². The van der Waals surface area contributed by atoms with E-state index >= 15 is 0 Å². The Morgan fingerprint density at radius 3 is 2.79 bits per heavy atom. The van der Waals surface area contributed by atoms with Crippen molar-refractivity contribution in [1.82, 2.24) is 20.8 Å². The Bertz CT molecular complexity index is 990. The maximum absolute atomic E-state index is 12.2. The lowest BCUT2D eigenvalue weighted by Crippen LogP contribution is -2.40. The highest BCUT2D eigenvalue weighted by Gasteiger charge is 2.18. The number of thiophene rings is 1. The Balaban J connectivity index is 1.41. The second-order valence-corrected chi connectivity index (χ2v) is 7.50. The van der Waals surface area contributed by atoms with Gasteiger partial charge < -0.3 is 19.9 Å². The van der Waals surface area contributed by atoms with Gasteiger partial charge >= 0.3 is 11.8 Å². The highest BCUT2D eigenvalue weighted by molar-refractivity contribution is 7.13. The molecule has 0 saturated carbocycles. The van der Waals surface area contributed by atoms with Crippen LogP contribution in [0, 0.1) is 6.92 Å². The summed E-state index contributed by atoms with van der Waals surface area (Å²) in [5.74, 6) is 0.0156. The van der Waals surface area contributed by atoms with Gasteiger partial charge in [-0.15, -0.1) is 11.3 Å². The highest BCUT2D eigenvalue weighted by atomic mass is 35.5. The maximum Gasteiger partial charge on any atom is 0.316 e. The molecule has 0 spiro atoms. The Morgan fingerprint density at radius 1 is 1.28 bits per heavy atom. The quantitative estimate of drug-likeness (QED) is 0.528. The van der Waals surface area contributed by atoms with E-state index in [4.69, 9.17) is 20.9 Å². The number of aromatic nitrogens is 2. The predicted octanol–water partition coefficient (Wildman–Crippen LogP) is 3.07. The van der Waals surface area contributed by atoms with Crippen molar-refractivity contribution in [2.45, 2.75) is 20.0 Å². The molecule has 2 heterocycles. The fourth-order valence-corrected chi connectivity index (χ4v) is 3.27. The molecule has 152 valence electrons. The first-order valence-electron chi connectivity index (χ1n) is 8.80. The van der Waals surface area contributed by atoms with Crippen LogP contribution >= 0.6 is 22.9 Å². The zero-order valence-electron chi connectivity index (χ0n) is 15.8. The lowest BCUT2D eigenvalue weighted by molar-refractivity contribution is -0.127. The zero-order chi connectivity index (χ0) is 20.8. The molecule has 2 amide bonds. The molecular formula is C19H19ClN4O4S. The molecule has 3 rings (SSSR count). The Morgan fingerprint density at radius 2 is 2.07 bits per heavy atom. The minimum atomic E-state index is -0.699. The first kappa shape index (κ1) is 20.8. The molecule has 29 heavy (non-hydrogen) atoms. The topological polar surface area (TPSA) is 106 Å². The van der Waals surface area contributed by atoms with Gasteiger partial charge in [-0.25, -0.2) is 0 Å². The summed E-state index contributed by atoms with van der Waals surface area (Å²) in [5.41, 5.74) is 0.839. The molecule has 0 aliphatic rings. The summed E-state index contributed by atoms with van der Waals surface area (Å²) >= 11 is 7.36. The Kier molecular flexibility index (Phi) is 6.84. The number of nitrogens with one attached hydrogen (secondary N) is 2. The van der Waals surface area contributed by atoms with Crippen LogP contribution in [0.15, 0.2) is 40.2 Å². The molecule has 3 aromatic rings. The molecule has 0 unspecified atom stereocenters. The van der Waals surface area contributed by atoms with Crippen molar-refractivity contribution in [3.8, 4) is 16.5 Å². The molecule has 0 bridgehead atoms. The molecule has 0 aliphatic heterocycles. The van der Waals surface area contributed by atoms with Crippen LogP contribution in [0.25, 0.3) is 10.7 Å². The molecule has 0 saturated heterocycles. The molecule has 0 radical (unpaired) electrons. The third-order valence-electron chi connectivity index (χ3n) is 3.88. The van der Waals surface area contributed by atoms with Crippen LogP contribution in [0.2, 0.25) is 5.02 Å². The lowest BCUT2D eigenvalue weighted by atomic mass is 10.2. The van der Waals surface area contributed by atoms with Gasteiger partial charge in [-0.2, -0.15) is 4.98 Å². The van der Waals surface area contributed by atoms with Gasteiger partial charge in [-0.05, 0) is 49.1 Å². The van der Waals surface area contributed by atoms with Gasteiger partial charge in [-0.3, -0.25) is 9.59 Å². The number of benzene rings is 1. The summed E-state index contributed by atoms with van der Waals surface area (Å²) in [6, 6.07) is 8.87. The second-order valence-electron chi connectivity index (χ2n) is 6.12. The third-order valence-corrected chi connectivity index (χ3v) is 4.98. The number of carbonyl (C=O) groups excluding carboxylic acids is 2. The van der Waals surface area contributed by atoms with Gasteiger partial charge in [0.1, 0.15) is 5.75 Å². The van der Waals surface area contributed by atoms with Crippen LogP contribution in [-0.2, 0) is 4.79 Å². The van der Waals surface area contributed by atoms with Gasteiger partial charge in [0.15, 0.2) is 6.10 Å². The summed E-state index contributed by atoms with van der Waals surface area (Å²) in [6.45, 7) is 3.92. The van der Waals surface area contributed by atoms with Crippen molar-refractivity contribution in [3.05, 3.63) is 52.2 Å². The molecule has 0 aliphatic carbocycles. The van der Waals surface area contributed by atoms with E-state index in [1.807, 2.05) is 24.4 Å². The van der Waals surface area contributed by atoms with Crippen LogP contribution in [0.5, 0.6) is 5.75 Å². The van der Waals surface area contributed by atoms with Crippen LogP contribution in [-0.4, -0.2) is 41.1 Å². The monoisotopic (exact) mass is 434 g/mol. The lowest BCUT2D eigenvalue weighted by Gasteiger charge is -2.16. The number of hydrogen-bond donors (Lipinski definition) is 2. The van der Waals surface area contributed by atoms with E-state index in [1.165, 1.54) is 11.3 Å². The largest absolute Gasteiger partial charge is 0.481 e. The fraction of sp³-hybridized carbons (Fsp3) is 0.263. The average Bonchev–Trinajstić information content (AvgIpc) is 3.38. The molecule has 1 atom stereocenters. The van der Waals surface area contributed by atoms with Gasteiger partial charge in [0.2, 0.25) is 5.82 Å². The molecule has 8 nitrogen and oxygen atoms in total. The number of aryl methyl sites for hydroxylation is 1. The fourth-order valence-electron chi connectivity index (χ4n) is 2.39. The summed E-state index contributed by atoms with van der Waals surface area (Å²) in [7, 11) is 0. The van der Waals surface area contributed by atoms with E-state index in [2.05, 4.69) is 20.8 Å². The van der Waals surface area contributed by atoms with E-state index < -0.39 is 12.0 Å². The van der Waals surface area contributed by atoms with Crippen LogP contribution < -0.4 is 15.4 Å². The first-order chi connectivity index (χ1) is 13.9. The smallest absolute Gasteiger partial charge is 0.316 e. The van der Waals surface area contributed by atoms with Crippen LogP contribution in [0.4, 0.5) is 0 Å². The molecule has 1 aromatic carbocycles. The SMILES string of the molecule is Cc1cc(Cl)ccc1O[C@@H](C)C(=O)NCCNC(=O)c1nc(-c2cccs2)no1. The number of ether oxygens (including phenoxy) is 1. The molecule has 10 heteroatoms. The second kappa shape index (κ2) is 9.53. The van der Waals surface area contributed by atoms with Crippen molar-refractivity contribution in [3.63, 3.8) is 0 Å². The summed E-state index contributed by atoms with van der Waals surface area (Å²) in [4.78, 5) is 29.1. The molecule has 2 aromatic heterocycles. The third kappa shape index (κ3) is 5.55. The number of hydrogen-bond acceptors (Lipinski definition) is 7. The average molecular weight is 435 g/mol. The number of rotatable bonds is 8. The molecular weight excluding hydrogens is 416 g/mol. The predicted molar refractivity (Wildman–Crippen MR) is 109 cm³/mol. The van der Waals surface area contributed by atoms with E-state index in [0.29, 0.717) is 16.6 Å². The van der Waals surface area contributed by atoms with Gasteiger partial charge in [-0.1, -0.05) is 22.8 Å². The minimum Gasteiger partial charge on any atom is -0.481 e. The summed E-state index contributed by atoms with van der Waals surface area (Å²) in [6.07, 6.45) is -0.699. The summed E-state index contributed by atoms with van der Waals surface area (Å²) < 4.78 is 10.6. The number of halogens is 1. The normalized spacial score (nSPS) is 11.7. The van der Waals surface area contributed by atoms with Crippen molar-refractivity contribution in [1.29, 1.82) is 0 Å². The minimum absolute atomic E-state index is 0.130. The highest BCUT2D eigenvalue weighted by Crippen LogP contribution is 2.23. The first-order valence-corrected chi connectivity index (χ1v) is 10.1. The van der Waals surface area contributed by atoms with Gasteiger partial charge in [0, 0.05) is 18.1 Å². The van der Waals surface area contributed by atoms with Gasteiger partial charge in [0.05, 0.1) is 4.88 Å². The number of nitrogens with zero attached hydrogens (tertiary/aromatic N) is 2. The number of carbonyl (C=O) groups is 2. The molecule has 2 N–H and O–H groups in total.